The fraction of sp³-hybridized carbons (Fsp3) is 0.364. The van der Waals surface area contributed by atoms with Gasteiger partial charge < -0.3 is 0 Å². The van der Waals surface area contributed by atoms with Crippen molar-refractivity contribution in [3.05, 3.63) is 71.8 Å². The van der Waals surface area contributed by atoms with Crippen molar-refractivity contribution in [2.45, 2.75) is 54.3 Å². The van der Waals surface area contributed by atoms with Gasteiger partial charge in [-0.2, -0.15) is 13.2 Å². The lowest BCUT2D eigenvalue weighted by Crippen LogP contribution is -2.43. The van der Waals surface area contributed by atoms with Crippen molar-refractivity contribution in [2.24, 2.45) is 0 Å². The fourth-order valence-electron chi connectivity index (χ4n) is 3.44. The van der Waals surface area contributed by atoms with E-state index in [1.807, 2.05) is 0 Å². The van der Waals surface area contributed by atoms with Gasteiger partial charge in [0, 0.05) is 11.6 Å². The lowest BCUT2D eigenvalue weighted by atomic mass is 9.92. The Balaban J connectivity index is 2.56. The second-order valence-corrected chi connectivity index (χ2v) is 11.9. The summed E-state index contributed by atoms with van der Waals surface area (Å²) in [4.78, 5) is -0.229. The maximum Gasteiger partial charge on any atom is 0.511 e. The molecule has 0 bridgehead atoms. The first-order valence-electron chi connectivity index (χ1n) is 10.1. The molecule has 1 unspecified atom stereocenters. The summed E-state index contributed by atoms with van der Waals surface area (Å²) < 4.78 is 117. The molecular formula is C22H24F5NO4S2. The molecule has 2 aromatic rings. The van der Waals surface area contributed by atoms with Gasteiger partial charge in [-0.15, -0.1) is 0 Å². The van der Waals surface area contributed by atoms with Crippen molar-refractivity contribution in [1.29, 1.82) is 0 Å². The van der Waals surface area contributed by atoms with E-state index < -0.39 is 66.2 Å². The molecule has 0 fully saturated rings. The third kappa shape index (κ3) is 5.66. The Labute approximate surface area is 195 Å². The smallest absolute Gasteiger partial charge is 0.223 e. The third-order valence-electron chi connectivity index (χ3n) is 5.61. The van der Waals surface area contributed by atoms with Crippen molar-refractivity contribution in [3.63, 3.8) is 0 Å². The SMILES string of the molecule is C=Cc1ccc(S(=O)(=O)C(C)(CC[C@H](CC)NS(=O)(=O)C(F)(F)F)c2cc(F)ccc2F)cc1. The van der Waals surface area contributed by atoms with E-state index in [1.54, 1.807) is 0 Å². The van der Waals surface area contributed by atoms with Gasteiger partial charge in [0.1, 0.15) is 16.4 Å². The summed E-state index contributed by atoms with van der Waals surface area (Å²) in [5.74, 6) is -1.94. The Kier molecular flexibility index (Phi) is 8.32. The first kappa shape index (κ1) is 27.9. The number of rotatable bonds is 10. The second-order valence-electron chi connectivity index (χ2n) is 7.84. The van der Waals surface area contributed by atoms with E-state index in [4.69, 9.17) is 0 Å². The maximum atomic E-state index is 14.8. The van der Waals surface area contributed by atoms with Gasteiger partial charge in [0.25, 0.3) is 0 Å². The van der Waals surface area contributed by atoms with Crippen molar-refractivity contribution in [1.82, 2.24) is 4.72 Å². The molecule has 0 aromatic heterocycles. The number of hydrogen-bond acceptors (Lipinski definition) is 4. The quantitative estimate of drug-likeness (QED) is 0.427. The number of sulfonamides is 1. The molecule has 0 spiro atoms. The Hall–Kier alpha value is -2.31. The molecule has 0 saturated carbocycles. The number of hydrogen-bond donors (Lipinski definition) is 1. The topological polar surface area (TPSA) is 80.3 Å². The van der Waals surface area contributed by atoms with E-state index in [-0.39, 0.29) is 11.3 Å². The van der Waals surface area contributed by atoms with Gasteiger partial charge in [0.05, 0.1) is 4.90 Å². The molecule has 0 saturated heterocycles. The highest BCUT2D eigenvalue weighted by Crippen LogP contribution is 2.41. The molecule has 0 aliphatic heterocycles. The summed E-state index contributed by atoms with van der Waals surface area (Å²) in [6.45, 7) is 6.11. The van der Waals surface area contributed by atoms with Crippen molar-refractivity contribution in [3.8, 4) is 0 Å². The van der Waals surface area contributed by atoms with Gasteiger partial charge in [-0.3, -0.25) is 0 Å². The van der Waals surface area contributed by atoms with E-state index >= 15 is 0 Å². The van der Waals surface area contributed by atoms with Crippen molar-refractivity contribution in [2.75, 3.05) is 0 Å². The first-order chi connectivity index (χ1) is 15.6. The van der Waals surface area contributed by atoms with Crippen LogP contribution in [0.25, 0.3) is 6.08 Å². The van der Waals surface area contributed by atoms with E-state index in [2.05, 4.69) is 6.58 Å². The third-order valence-corrected chi connectivity index (χ3v) is 9.36. The minimum atomic E-state index is -5.69. The Morgan fingerprint density at radius 3 is 2.12 bits per heavy atom. The largest absolute Gasteiger partial charge is 0.511 e. The van der Waals surface area contributed by atoms with Crippen LogP contribution in [0.3, 0.4) is 0 Å². The van der Waals surface area contributed by atoms with Crippen LogP contribution in [0.15, 0.2) is 53.9 Å². The van der Waals surface area contributed by atoms with Crippen LogP contribution in [0.4, 0.5) is 22.0 Å². The number of alkyl halides is 3. The van der Waals surface area contributed by atoms with E-state index in [1.165, 1.54) is 42.0 Å². The predicted octanol–water partition coefficient (Wildman–Crippen LogP) is 5.29. The molecular weight excluding hydrogens is 501 g/mol. The Morgan fingerprint density at radius 2 is 1.62 bits per heavy atom. The normalized spacial score (nSPS) is 15.5. The number of nitrogens with one attached hydrogen (secondary N) is 1. The molecule has 0 aliphatic carbocycles. The zero-order valence-electron chi connectivity index (χ0n) is 18.4. The lowest BCUT2D eigenvalue weighted by molar-refractivity contribution is -0.0451. The van der Waals surface area contributed by atoms with Gasteiger partial charge in [0.15, 0.2) is 9.84 Å². The van der Waals surface area contributed by atoms with Crippen LogP contribution < -0.4 is 4.72 Å². The summed E-state index contributed by atoms with van der Waals surface area (Å²) in [6.07, 6.45) is 0.464. The van der Waals surface area contributed by atoms with Crippen LogP contribution in [0.5, 0.6) is 0 Å². The minimum Gasteiger partial charge on any atom is -0.223 e. The molecule has 5 nitrogen and oxygen atoms in total. The predicted molar refractivity (Wildman–Crippen MR) is 119 cm³/mol. The van der Waals surface area contributed by atoms with E-state index in [0.717, 1.165) is 19.1 Å². The maximum absolute atomic E-state index is 14.8. The van der Waals surface area contributed by atoms with Gasteiger partial charge in [-0.1, -0.05) is 31.7 Å². The van der Waals surface area contributed by atoms with Crippen LogP contribution >= 0.6 is 0 Å². The van der Waals surface area contributed by atoms with Gasteiger partial charge >= 0.3 is 15.5 Å². The summed E-state index contributed by atoms with van der Waals surface area (Å²) in [6, 6.07) is 6.38. The molecule has 1 N–H and O–H groups in total. The van der Waals surface area contributed by atoms with Crippen LogP contribution in [-0.4, -0.2) is 28.4 Å². The molecule has 0 heterocycles. The molecule has 2 aromatic carbocycles. The second kappa shape index (κ2) is 10.1. The number of sulfone groups is 1. The summed E-state index contributed by atoms with van der Waals surface area (Å²) >= 11 is 0. The standard InChI is InChI=1S/C22H24F5NO4S2/c1-4-15-6-9-18(10-7-15)33(29,30)21(3,19-14-16(23)8-11-20(19)24)13-12-17(5-2)28-34(31,32)22(25,26)27/h4,6-11,14,17,28H,1,5,12-13H2,2-3H3/t17-,21?/m0/s1. The zero-order chi connectivity index (χ0) is 25.9. The van der Waals surface area contributed by atoms with Crippen molar-refractivity contribution < 1.29 is 38.8 Å². The summed E-state index contributed by atoms with van der Waals surface area (Å²) in [5.41, 5.74) is -5.48. The van der Waals surface area contributed by atoms with E-state index in [9.17, 15) is 38.8 Å². The Bertz CT molecular complexity index is 1240. The molecule has 0 amide bonds. The molecule has 2 rings (SSSR count). The lowest BCUT2D eigenvalue weighted by Gasteiger charge is -2.32. The van der Waals surface area contributed by atoms with Crippen LogP contribution in [0.1, 0.15) is 44.2 Å². The zero-order valence-corrected chi connectivity index (χ0v) is 20.0. The average Bonchev–Trinajstić information content (AvgIpc) is 2.77. The highest BCUT2D eigenvalue weighted by molar-refractivity contribution is 7.92. The summed E-state index contributed by atoms with van der Waals surface area (Å²) in [7, 11) is -10.1. The highest BCUT2D eigenvalue weighted by Gasteiger charge is 2.48. The van der Waals surface area contributed by atoms with Gasteiger partial charge in [0.2, 0.25) is 0 Å². The summed E-state index contributed by atoms with van der Waals surface area (Å²) in [5, 5.41) is 0. The Morgan fingerprint density at radius 1 is 1.03 bits per heavy atom. The average molecular weight is 526 g/mol. The van der Waals surface area contributed by atoms with Crippen LogP contribution in [0, 0.1) is 11.6 Å². The molecule has 188 valence electrons. The highest BCUT2D eigenvalue weighted by atomic mass is 32.2. The van der Waals surface area contributed by atoms with E-state index in [0.29, 0.717) is 11.6 Å². The monoisotopic (exact) mass is 525 g/mol. The molecule has 0 aliphatic rings. The molecule has 2 atom stereocenters. The molecule has 12 heteroatoms. The van der Waals surface area contributed by atoms with Crippen LogP contribution in [0.2, 0.25) is 0 Å². The first-order valence-corrected chi connectivity index (χ1v) is 13.1. The molecule has 0 radical (unpaired) electrons. The van der Waals surface area contributed by atoms with Crippen LogP contribution in [-0.2, 0) is 24.6 Å². The molecule has 34 heavy (non-hydrogen) atoms. The fourth-order valence-corrected chi connectivity index (χ4v) is 6.15. The van der Waals surface area contributed by atoms with Gasteiger partial charge in [-0.05, 0) is 62.1 Å². The number of halogens is 5. The van der Waals surface area contributed by atoms with Gasteiger partial charge in [-0.25, -0.2) is 30.3 Å². The number of benzene rings is 2. The van der Waals surface area contributed by atoms with Crippen molar-refractivity contribution >= 4 is 25.9 Å². The minimum absolute atomic E-state index is 0.106.